The summed E-state index contributed by atoms with van der Waals surface area (Å²) in [6.07, 6.45) is 2.63. The standard InChI is InChI=1S/C25H31F2N3O3S2/c1-3-33-14-6-13-30-23-11-10-20(35(31,32)29-12-5-7-18(2)16-29)15-22(23)28-25(30)34-17-19-8-4-9-21(26)24(19)27/h4,8-11,15,18H,3,5-7,12-14,16-17H2,1-2H3/t18-/m1/s1. The van der Waals surface area contributed by atoms with E-state index in [0.29, 0.717) is 49.4 Å². The summed E-state index contributed by atoms with van der Waals surface area (Å²) in [4.78, 5) is 4.93. The zero-order valence-corrected chi connectivity index (χ0v) is 21.7. The molecular weight excluding hydrogens is 492 g/mol. The summed E-state index contributed by atoms with van der Waals surface area (Å²) in [6, 6.07) is 9.18. The van der Waals surface area contributed by atoms with Crippen LogP contribution < -0.4 is 0 Å². The SMILES string of the molecule is CCOCCCn1c(SCc2cccc(F)c2F)nc2cc(S(=O)(=O)N3CCC[C@@H](C)C3)ccc21. The van der Waals surface area contributed by atoms with Gasteiger partial charge in [-0.3, -0.25) is 0 Å². The Morgan fingerprint density at radius 3 is 2.83 bits per heavy atom. The number of benzene rings is 2. The van der Waals surface area contributed by atoms with Crippen LogP contribution in [0.3, 0.4) is 0 Å². The second-order valence-corrected chi connectivity index (χ2v) is 11.7. The number of ether oxygens (including phenoxy) is 1. The van der Waals surface area contributed by atoms with E-state index in [1.807, 2.05) is 11.5 Å². The third-order valence-corrected chi connectivity index (χ3v) is 9.09. The van der Waals surface area contributed by atoms with Gasteiger partial charge >= 0.3 is 0 Å². The number of aromatic nitrogens is 2. The lowest BCUT2D eigenvalue weighted by molar-refractivity contribution is 0.141. The summed E-state index contributed by atoms with van der Waals surface area (Å²) < 4.78 is 63.4. The highest BCUT2D eigenvalue weighted by Crippen LogP contribution is 2.31. The van der Waals surface area contributed by atoms with Crippen molar-refractivity contribution in [2.75, 3.05) is 26.3 Å². The zero-order valence-electron chi connectivity index (χ0n) is 20.0. The average Bonchev–Trinajstić information content (AvgIpc) is 3.19. The fourth-order valence-corrected chi connectivity index (χ4v) is 6.99. The minimum absolute atomic E-state index is 0.204. The Bertz CT molecular complexity index is 1280. The summed E-state index contributed by atoms with van der Waals surface area (Å²) in [5, 5.41) is 0.626. The van der Waals surface area contributed by atoms with Gasteiger partial charge in [-0.15, -0.1) is 0 Å². The summed E-state index contributed by atoms with van der Waals surface area (Å²) >= 11 is 1.30. The maximum absolute atomic E-state index is 14.2. The number of halogens is 2. The largest absolute Gasteiger partial charge is 0.382 e. The summed E-state index contributed by atoms with van der Waals surface area (Å²) in [6.45, 7) is 6.87. The molecule has 10 heteroatoms. The molecule has 0 radical (unpaired) electrons. The smallest absolute Gasteiger partial charge is 0.243 e. The van der Waals surface area contributed by atoms with E-state index in [-0.39, 0.29) is 16.2 Å². The number of fused-ring (bicyclic) bond motifs is 1. The number of aryl methyl sites for hydroxylation is 1. The number of thioether (sulfide) groups is 1. The van der Waals surface area contributed by atoms with Crippen LogP contribution in [0.5, 0.6) is 0 Å². The van der Waals surface area contributed by atoms with E-state index < -0.39 is 21.7 Å². The molecule has 0 spiro atoms. The van der Waals surface area contributed by atoms with Gasteiger partial charge in [-0.05, 0) is 56.4 Å². The first kappa shape index (κ1) is 26.1. The molecule has 1 aliphatic heterocycles. The molecule has 0 aliphatic carbocycles. The normalized spacial score (nSPS) is 17.3. The number of hydrogen-bond donors (Lipinski definition) is 0. The Kier molecular flexibility index (Phi) is 8.46. The number of imidazole rings is 1. The van der Waals surface area contributed by atoms with Crippen LogP contribution in [0, 0.1) is 17.6 Å². The van der Waals surface area contributed by atoms with Crippen molar-refractivity contribution in [2.45, 2.75) is 55.5 Å². The quantitative estimate of drug-likeness (QED) is 0.261. The molecule has 0 amide bonds. The fraction of sp³-hybridized carbons (Fsp3) is 0.480. The maximum Gasteiger partial charge on any atom is 0.243 e. The number of piperidine rings is 1. The molecule has 0 saturated carbocycles. The average molecular weight is 524 g/mol. The molecule has 6 nitrogen and oxygen atoms in total. The fourth-order valence-electron chi connectivity index (χ4n) is 4.36. The van der Waals surface area contributed by atoms with Gasteiger partial charge in [0, 0.05) is 44.2 Å². The lowest BCUT2D eigenvalue weighted by Gasteiger charge is -2.30. The van der Waals surface area contributed by atoms with Crippen molar-refractivity contribution in [3.63, 3.8) is 0 Å². The van der Waals surface area contributed by atoms with Gasteiger partial charge in [0.15, 0.2) is 16.8 Å². The van der Waals surface area contributed by atoms with Crippen LogP contribution >= 0.6 is 11.8 Å². The Morgan fingerprint density at radius 1 is 1.23 bits per heavy atom. The zero-order chi connectivity index (χ0) is 25.0. The van der Waals surface area contributed by atoms with Gasteiger partial charge in [0.1, 0.15) is 0 Å². The van der Waals surface area contributed by atoms with Crippen molar-refractivity contribution < 1.29 is 21.9 Å². The monoisotopic (exact) mass is 523 g/mol. The molecule has 0 N–H and O–H groups in total. The molecule has 1 aliphatic rings. The molecule has 1 fully saturated rings. The Labute approximate surface area is 209 Å². The van der Waals surface area contributed by atoms with Gasteiger partial charge in [0.25, 0.3) is 0 Å². The van der Waals surface area contributed by atoms with Crippen molar-refractivity contribution in [3.05, 3.63) is 53.6 Å². The van der Waals surface area contributed by atoms with Crippen molar-refractivity contribution >= 4 is 32.8 Å². The molecule has 190 valence electrons. The predicted octanol–water partition coefficient (Wildman–Crippen LogP) is 5.45. The first-order valence-corrected chi connectivity index (χ1v) is 14.4. The van der Waals surface area contributed by atoms with E-state index in [1.165, 1.54) is 17.8 Å². The van der Waals surface area contributed by atoms with E-state index in [9.17, 15) is 17.2 Å². The lowest BCUT2D eigenvalue weighted by atomic mass is 10.0. The van der Waals surface area contributed by atoms with Crippen molar-refractivity contribution in [2.24, 2.45) is 5.92 Å². The molecule has 0 bridgehead atoms. The highest BCUT2D eigenvalue weighted by atomic mass is 32.2. The van der Waals surface area contributed by atoms with Crippen LogP contribution in [-0.2, 0) is 27.1 Å². The molecule has 2 heterocycles. The van der Waals surface area contributed by atoms with Gasteiger partial charge in [-0.2, -0.15) is 4.31 Å². The minimum Gasteiger partial charge on any atom is -0.382 e. The number of nitrogens with zero attached hydrogens (tertiary/aromatic N) is 3. The van der Waals surface area contributed by atoms with Gasteiger partial charge < -0.3 is 9.30 Å². The molecule has 2 aromatic carbocycles. The van der Waals surface area contributed by atoms with Crippen molar-refractivity contribution in [1.82, 2.24) is 13.9 Å². The predicted molar refractivity (Wildman–Crippen MR) is 134 cm³/mol. The first-order valence-electron chi connectivity index (χ1n) is 11.9. The summed E-state index contributed by atoms with van der Waals surface area (Å²) in [7, 11) is -3.61. The van der Waals surface area contributed by atoms with E-state index >= 15 is 0 Å². The highest BCUT2D eigenvalue weighted by molar-refractivity contribution is 7.98. The summed E-state index contributed by atoms with van der Waals surface area (Å²) in [5.41, 5.74) is 1.62. The number of hydrogen-bond acceptors (Lipinski definition) is 5. The molecule has 1 aromatic heterocycles. The van der Waals surface area contributed by atoms with Crippen LogP contribution in [-0.4, -0.2) is 48.6 Å². The molecule has 0 unspecified atom stereocenters. The molecule has 1 saturated heterocycles. The first-order chi connectivity index (χ1) is 16.8. The minimum atomic E-state index is -3.61. The van der Waals surface area contributed by atoms with E-state index in [2.05, 4.69) is 6.92 Å². The highest BCUT2D eigenvalue weighted by Gasteiger charge is 2.29. The van der Waals surface area contributed by atoms with Crippen LogP contribution in [0.25, 0.3) is 11.0 Å². The van der Waals surface area contributed by atoms with Gasteiger partial charge in [-0.1, -0.05) is 30.8 Å². The third-order valence-electron chi connectivity index (χ3n) is 6.21. The Hall–Kier alpha value is -2.01. The molecule has 1 atom stereocenters. The number of sulfonamides is 1. The van der Waals surface area contributed by atoms with E-state index in [4.69, 9.17) is 9.72 Å². The second-order valence-electron chi connectivity index (χ2n) is 8.86. The van der Waals surface area contributed by atoms with Crippen LogP contribution in [0.15, 0.2) is 46.5 Å². The van der Waals surface area contributed by atoms with Gasteiger partial charge in [0.05, 0.1) is 15.9 Å². The Morgan fingerprint density at radius 2 is 2.06 bits per heavy atom. The topological polar surface area (TPSA) is 64.4 Å². The van der Waals surface area contributed by atoms with Crippen LogP contribution in [0.1, 0.15) is 38.7 Å². The Balaban J connectivity index is 1.64. The molecule has 35 heavy (non-hydrogen) atoms. The molecule has 3 aromatic rings. The third kappa shape index (κ3) is 5.87. The maximum atomic E-state index is 14.2. The summed E-state index contributed by atoms with van der Waals surface area (Å²) in [5.74, 6) is -1.20. The molecular formula is C25H31F2N3O3S2. The van der Waals surface area contributed by atoms with Crippen molar-refractivity contribution in [1.29, 1.82) is 0 Å². The molecule has 4 rings (SSSR count). The van der Waals surface area contributed by atoms with Gasteiger partial charge in [0.2, 0.25) is 10.0 Å². The second kappa shape index (κ2) is 11.4. The van der Waals surface area contributed by atoms with Crippen LogP contribution in [0.4, 0.5) is 8.78 Å². The van der Waals surface area contributed by atoms with E-state index in [0.717, 1.165) is 30.8 Å². The van der Waals surface area contributed by atoms with Gasteiger partial charge in [-0.25, -0.2) is 22.2 Å². The van der Waals surface area contributed by atoms with Crippen molar-refractivity contribution in [3.8, 4) is 0 Å². The number of rotatable bonds is 10. The lowest BCUT2D eigenvalue weighted by Crippen LogP contribution is -2.39. The van der Waals surface area contributed by atoms with E-state index in [1.54, 1.807) is 28.6 Å². The van der Waals surface area contributed by atoms with Crippen LogP contribution in [0.2, 0.25) is 0 Å².